The van der Waals surface area contributed by atoms with Gasteiger partial charge in [-0.2, -0.15) is 5.10 Å². The average Bonchev–Trinajstić information content (AvgIpc) is 3.06. The molecule has 1 N–H and O–H groups in total. The highest BCUT2D eigenvalue weighted by atomic mass is 32.1. The van der Waals surface area contributed by atoms with Crippen LogP contribution in [0.25, 0.3) is 0 Å². The van der Waals surface area contributed by atoms with Gasteiger partial charge in [0.1, 0.15) is 5.75 Å². The molecule has 25 heavy (non-hydrogen) atoms. The molecule has 0 bridgehead atoms. The molecule has 1 amide bonds. The minimum absolute atomic E-state index is 0.141. The molecular formula is C20H24N2O2S. The van der Waals surface area contributed by atoms with Crippen molar-refractivity contribution in [3.05, 3.63) is 51.2 Å². The molecule has 2 aromatic rings. The topological polar surface area (TPSA) is 50.7 Å². The van der Waals surface area contributed by atoms with Gasteiger partial charge in [-0.15, -0.1) is 11.3 Å². The van der Waals surface area contributed by atoms with Gasteiger partial charge < -0.3 is 4.74 Å². The van der Waals surface area contributed by atoms with Gasteiger partial charge in [0.15, 0.2) is 0 Å². The number of nitrogens with one attached hydrogen (secondary N) is 1. The van der Waals surface area contributed by atoms with Crippen LogP contribution in [-0.4, -0.2) is 18.7 Å². The number of aryl methyl sites for hydroxylation is 1. The predicted octanol–water partition coefficient (Wildman–Crippen LogP) is 4.43. The summed E-state index contributed by atoms with van der Waals surface area (Å²) in [7, 11) is 0. The molecule has 0 unspecified atom stereocenters. The summed E-state index contributed by atoms with van der Waals surface area (Å²) < 4.78 is 5.55. The van der Waals surface area contributed by atoms with Crippen LogP contribution in [0.1, 0.15) is 52.4 Å². The van der Waals surface area contributed by atoms with E-state index < -0.39 is 0 Å². The minimum Gasteiger partial charge on any atom is -0.493 e. The first kappa shape index (κ1) is 17.7. The van der Waals surface area contributed by atoms with Gasteiger partial charge in [0.2, 0.25) is 0 Å². The standard InChI is InChI=1S/C20H24N2O2S/c1-3-14-9-10-18-16(11-14)12-19(25-18)20(23)22-21-13-15-7-5-6-8-17(15)24-4-2/h5-8,12-14H,3-4,9-11H2,1-2H3,(H,22,23)/b21-13-/t14-/m1/s1. The maximum absolute atomic E-state index is 12.4. The van der Waals surface area contributed by atoms with E-state index in [9.17, 15) is 4.79 Å². The molecule has 0 saturated heterocycles. The van der Waals surface area contributed by atoms with Crippen molar-refractivity contribution >= 4 is 23.5 Å². The number of thiophene rings is 1. The molecule has 1 aromatic heterocycles. The number of benzene rings is 1. The summed E-state index contributed by atoms with van der Waals surface area (Å²) in [6.45, 7) is 4.78. The minimum atomic E-state index is -0.141. The van der Waals surface area contributed by atoms with Gasteiger partial charge in [0, 0.05) is 10.4 Å². The first-order valence-electron chi connectivity index (χ1n) is 8.88. The van der Waals surface area contributed by atoms with Crippen molar-refractivity contribution in [3.63, 3.8) is 0 Å². The molecule has 0 fully saturated rings. The fraction of sp³-hybridized carbons (Fsp3) is 0.400. The van der Waals surface area contributed by atoms with Gasteiger partial charge in [0.05, 0.1) is 17.7 Å². The number of hydrogen-bond donors (Lipinski definition) is 1. The monoisotopic (exact) mass is 356 g/mol. The lowest BCUT2D eigenvalue weighted by molar-refractivity contribution is 0.0959. The van der Waals surface area contributed by atoms with Crippen LogP contribution >= 0.6 is 11.3 Å². The number of hydrogen-bond acceptors (Lipinski definition) is 4. The van der Waals surface area contributed by atoms with Gasteiger partial charge in [-0.25, -0.2) is 5.43 Å². The molecular weight excluding hydrogens is 332 g/mol. The molecule has 0 aliphatic heterocycles. The third-order valence-electron chi connectivity index (χ3n) is 4.57. The number of amides is 1. The van der Waals surface area contributed by atoms with Crippen molar-refractivity contribution in [1.82, 2.24) is 5.43 Å². The molecule has 4 nitrogen and oxygen atoms in total. The maximum atomic E-state index is 12.4. The van der Waals surface area contributed by atoms with E-state index in [0.29, 0.717) is 6.61 Å². The number of hydrazone groups is 1. The summed E-state index contributed by atoms with van der Waals surface area (Å²) in [5, 5.41) is 4.10. The second-order valence-electron chi connectivity index (χ2n) is 6.25. The van der Waals surface area contributed by atoms with E-state index in [0.717, 1.165) is 34.9 Å². The number of nitrogens with zero attached hydrogens (tertiary/aromatic N) is 1. The third kappa shape index (κ3) is 4.28. The zero-order valence-corrected chi connectivity index (χ0v) is 15.6. The second kappa shape index (κ2) is 8.30. The van der Waals surface area contributed by atoms with Crippen LogP contribution in [0.4, 0.5) is 0 Å². The summed E-state index contributed by atoms with van der Waals surface area (Å²) in [4.78, 5) is 14.5. The zero-order chi connectivity index (χ0) is 17.6. The molecule has 132 valence electrons. The van der Waals surface area contributed by atoms with Crippen LogP contribution in [0.5, 0.6) is 5.75 Å². The Hall–Kier alpha value is -2.14. The van der Waals surface area contributed by atoms with Crippen molar-refractivity contribution in [2.24, 2.45) is 11.0 Å². The number of rotatable bonds is 6. The summed E-state index contributed by atoms with van der Waals surface area (Å²) >= 11 is 1.60. The van der Waals surface area contributed by atoms with Crippen molar-refractivity contribution in [1.29, 1.82) is 0 Å². The fourth-order valence-corrected chi connectivity index (χ4v) is 4.25. The Morgan fingerprint density at radius 1 is 1.40 bits per heavy atom. The first-order valence-corrected chi connectivity index (χ1v) is 9.69. The first-order chi connectivity index (χ1) is 12.2. The van der Waals surface area contributed by atoms with Gasteiger partial charge in [-0.05, 0) is 55.9 Å². The largest absolute Gasteiger partial charge is 0.493 e. The summed E-state index contributed by atoms with van der Waals surface area (Å²) in [6, 6.07) is 9.68. The highest BCUT2D eigenvalue weighted by molar-refractivity contribution is 7.14. The lowest BCUT2D eigenvalue weighted by Gasteiger charge is -2.19. The molecule has 0 saturated carbocycles. The Bertz CT molecular complexity index is 767. The molecule has 1 aliphatic carbocycles. The van der Waals surface area contributed by atoms with Gasteiger partial charge in [0.25, 0.3) is 5.91 Å². The Labute approximate surface area is 152 Å². The zero-order valence-electron chi connectivity index (χ0n) is 14.7. The summed E-state index contributed by atoms with van der Waals surface area (Å²) in [5.41, 5.74) is 4.83. The van der Waals surface area contributed by atoms with E-state index in [2.05, 4.69) is 17.5 Å². The Kier molecular flexibility index (Phi) is 5.87. The summed E-state index contributed by atoms with van der Waals surface area (Å²) in [6.07, 6.45) is 6.26. The molecule has 3 rings (SSSR count). The van der Waals surface area contributed by atoms with E-state index >= 15 is 0 Å². The van der Waals surface area contributed by atoms with Gasteiger partial charge >= 0.3 is 0 Å². The molecule has 1 atom stereocenters. The smallest absolute Gasteiger partial charge is 0.281 e. The van der Waals surface area contributed by atoms with E-state index in [-0.39, 0.29) is 5.91 Å². The molecule has 0 spiro atoms. The van der Waals surface area contributed by atoms with E-state index in [1.807, 2.05) is 37.3 Å². The van der Waals surface area contributed by atoms with Crippen molar-refractivity contribution in [3.8, 4) is 5.75 Å². The van der Waals surface area contributed by atoms with E-state index in [1.54, 1.807) is 17.6 Å². The highest BCUT2D eigenvalue weighted by Crippen LogP contribution is 2.33. The van der Waals surface area contributed by atoms with Crippen LogP contribution in [0.3, 0.4) is 0 Å². The van der Waals surface area contributed by atoms with Crippen molar-refractivity contribution in [2.45, 2.75) is 39.5 Å². The van der Waals surface area contributed by atoms with Crippen molar-refractivity contribution < 1.29 is 9.53 Å². The van der Waals surface area contributed by atoms with Gasteiger partial charge in [-0.3, -0.25) is 4.79 Å². The van der Waals surface area contributed by atoms with Crippen LogP contribution in [-0.2, 0) is 12.8 Å². The molecule has 5 heteroatoms. The molecule has 0 radical (unpaired) electrons. The average molecular weight is 356 g/mol. The molecule has 1 aliphatic rings. The number of ether oxygens (including phenoxy) is 1. The predicted molar refractivity (Wildman–Crippen MR) is 103 cm³/mol. The number of carbonyl (C=O) groups excluding carboxylic acids is 1. The number of para-hydroxylation sites is 1. The Morgan fingerprint density at radius 2 is 2.24 bits per heavy atom. The molecule has 1 aromatic carbocycles. The van der Waals surface area contributed by atoms with Crippen molar-refractivity contribution in [2.75, 3.05) is 6.61 Å². The molecule has 1 heterocycles. The van der Waals surface area contributed by atoms with Crippen LogP contribution in [0, 0.1) is 5.92 Å². The van der Waals surface area contributed by atoms with Crippen LogP contribution in [0.15, 0.2) is 35.4 Å². The third-order valence-corrected chi connectivity index (χ3v) is 5.81. The lowest BCUT2D eigenvalue weighted by atomic mass is 9.87. The fourth-order valence-electron chi connectivity index (χ4n) is 3.15. The maximum Gasteiger partial charge on any atom is 0.281 e. The lowest BCUT2D eigenvalue weighted by Crippen LogP contribution is -2.16. The quantitative estimate of drug-likeness (QED) is 0.615. The van der Waals surface area contributed by atoms with E-state index in [1.165, 1.54) is 23.3 Å². The van der Waals surface area contributed by atoms with Crippen LogP contribution < -0.4 is 10.2 Å². The number of carbonyl (C=O) groups is 1. The normalized spacial score (nSPS) is 16.6. The second-order valence-corrected chi connectivity index (χ2v) is 7.38. The Balaban J connectivity index is 1.65. The van der Waals surface area contributed by atoms with Gasteiger partial charge in [-0.1, -0.05) is 25.5 Å². The Morgan fingerprint density at radius 3 is 3.04 bits per heavy atom. The summed E-state index contributed by atoms with van der Waals surface area (Å²) in [5.74, 6) is 1.38. The SMILES string of the molecule is CCOc1ccccc1/C=N\NC(=O)c1cc2c(s1)CC[C@@H](CC)C2. The highest BCUT2D eigenvalue weighted by Gasteiger charge is 2.21. The van der Waals surface area contributed by atoms with Crippen LogP contribution in [0.2, 0.25) is 0 Å². The number of fused-ring (bicyclic) bond motifs is 1. The van der Waals surface area contributed by atoms with E-state index in [4.69, 9.17) is 4.74 Å².